The molecule has 1 heterocycles. The van der Waals surface area contributed by atoms with E-state index in [9.17, 15) is 8.42 Å². The van der Waals surface area contributed by atoms with Gasteiger partial charge in [-0.05, 0) is 18.3 Å². The van der Waals surface area contributed by atoms with Gasteiger partial charge in [0.25, 0.3) is 0 Å². The number of nitrogens with one attached hydrogen (secondary N) is 1. The maximum Gasteiger partial charge on any atom is 0.193 e. The maximum absolute atomic E-state index is 11.1. The summed E-state index contributed by atoms with van der Waals surface area (Å²) in [5, 5.41) is 3.16. The van der Waals surface area contributed by atoms with Crippen molar-refractivity contribution >= 4 is 15.8 Å². The van der Waals surface area contributed by atoms with Gasteiger partial charge in [0.15, 0.2) is 5.96 Å². The van der Waals surface area contributed by atoms with E-state index in [1.165, 1.54) is 25.5 Å². The van der Waals surface area contributed by atoms with Crippen molar-refractivity contribution in [3.8, 4) is 0 Å². The lowest BCUT2D eigenvalue weighted by Crippen LogP contribution is -2.42. The van der Waals surface area contributed by atoms with Crippen LogP contribution in [0.1, 0.15) is 33.1 Å². The Morgan fingerprint density at radius 3 is 2.55 bits per heavy atom. The second-order valence-electron chi connectivity index (χ2n) is 5.68. The Balaban J connectivity index is 2.48. The van der Waals surface area contributed by atoms with Gasteiger partial charge in [-0.25, -0.2) is 8.42 Å². The Morgan fingerprint density at radius 2 is 2.05 bits per heavy atom. The molecule has 0 aromatic heterocycles. The molecule has 0 aromatic rings. The van der Waals surface area contributed by atoms with Crippen LogP contribution in [0.2, 0.25) is 0 Å². The summed E-state index contributed by atoms with van der Waals surface area (Å²) >= 11 is 0. The molecule has 0 amide bonds. The first-order valence-corrected chi connectivity index (χ1v) is 9.60. The number of sulfone groups is 1. The fourth-order valence-electron chi connectivity index (χ4n) is 3.00. The van der Waals surface area contributed by atoms with Crippen LogP contribution in [0.3, 0.4) is 0 Å². The molecule has 1 saturated heterocycles. The molecule has 118 valence electrons. The van der Waals surface area contributed by atoms with Gasteiger partial charge in [-0.15, -0.1) is 0 Å². The Hall–Kier alpha value is -0.780. The van der Waals surface area contributed by atoms with Gasteiger partial charge in [0.1, 0.15) is 9.84 Å². The van der Waals surface area contributed by atoms with Gasteiger partial charge in [0, 0.05) is 32.9 Å². The van der Waals surface area contributed by atoms with E-state index in [1.54, 1.807) is 7.05 Å². The molecule has 1 unspecified atom stereocenters. The van der Waals surface area contributed by atoms with E-state index >= 15 is 0 Å². The molecule has 0 aliphatic carbocycles. The predicted octanol–water partition coefficient (Wildman–Crippen LogP) is 1.36. The Kier molecular flexibility index (Phi) is 6.79. The normalized spacial score (nSPS) is 20.8. The van der Waals surface area contributed by atoms with E-state index in [0.29, 0.717) is 6.54 Å². The van der Waals surface area contributed by atoms with E-state index in [-0.39, 0.29) is 5.75 Å². The Labute approximate surface area is 123 Å². The molecule has 1 N–H and O–H groups in total. The second-order valence-corrected chi connectivity index (χ2v) is 7.93. The lowest BCUT2D eigenvalue weighted by molar-refractivity contribution is 0.319. The van der Waals surface area contributed by atoms with Crippen molar-refractivity contribution in [2.45, 2.75) is 33.1 Å². The summed E-state index contributed by atoms with van der Waals surface area (Å²) in [6, 6.07) is 0. The highest BCUT2D eigenvalue weighted by atomic mass is 32.2. The first-order chi connectivity index (χ1) is 9.41. The molecule has 1 atom stereocenters. The highest BCUT2D eigenvalue weighted by Crippen LogP contribution is 2.28. The molecule has 1 aliphatic heterocycles. The van der Waals surface area contributed by atoms with Gasteiger partial charge in [0.2, 0.25) is 0 Å². The molecule has 6 heteroatoms. The maximum atomic E-state index is 11.1. The standard InChI is InChI=1S/C14H29N3O2S/c1-5-12(6-2)13-7-9-17(11-13)14(15-3)16-8-10-20(4,18)19/h12-13H,5-11H2,1-4H3,(H,15,16). The number of guanidine groups is 1. The highest BCUT2D eigenvalue weighted by Gasteiger charge is 2.29. The third-order valence-electron chi connectivity index (χ3n) is 4.21. The highest BCUT2D eigenvalue weighted by molar-refractivity contribution is 7.90. The van der Waals surface area contributed by atoms with Crippen LogP contribution < -0.4 is 5.32 Å². The lowest BCUT2D eigenvalue weighted by Gasteiger charge is -2.24. The first kappa shape index (κ1) is 17.3. The number of hydrogen-bond acceptors (Lipinski definition) is 3. The van der Waals surface area contributed by atoms with E-state index in [0.717, 1.165) is 30.9 Å². The third kappa shape index (κ3) is 5.31. The summed E-state index contributed by atoms with van der Waals surface area (Å²) in [5.74, 6) is 2.50. The molecule has 1 fully saturated rings. The van der Waals surface area contributed by atoms with Crippen molar-refractivity contribution in [1.29, 1.82) is 0 Å². The van der Waals surface area contributed by atoms with E-state index < -0.39 is 9.84 Å². The zero-order valence-corrected chi connectivity index (χ0v) is 14.0. The van der Waals surface area contributed by atoms with Crippen molar-refractivity contribution in [2.24, 2.45) is 16.8 Å². The molecule has 5 nitrogen and oxygen atoms in total. The van der Waals surface area contributed by atoms with Crippen molar-refractivity contribution in [3.05, 3.63) is 0 Å². The van der Waals surface area contributed by atoms with Crippen LogP contribution in [0.5, 0.6) is 0 Å². The second kappa shape index (κ2) is 7.86. The van der Waals surface area contributed by atoms with E-state index in [2.05, 4.69) is 29.1 Å². The summed E-state index contributed by atoms with van der Waals surface area (Å²) < 4.78 is 22.3. The SMILES string of the molecule is CCC(CC)C1CCN(C(=NC)NCCS(C)(=O)=O)C1. The number of hydrogen-bond donors (Lipinski definition) is 1. The number of rotatable bonds is 6. The summed E-state index contributed by atoms with van der Waals surface area (Å²) in [4.78, 5) is 6.53. The van der Waals surface area contributed by atoms with E-state index in [1.807, 2.05) is 0 Å². The monoisotopic (exact) mass is 303 g/mol. The largest absolute Gasteiger partial charge is 0.355 e. The fourth-order valence-corrected chi connectivity index (χ4v) is 3.47. The van der Waals surface area contributed by atoms with Crippen LogP contribution in [0.4, 0.5) is 0 Å². The Bertz CT molecular complexity index is 416. The smallest absolute Gasteiger partial charge is 0.193 e. The molecular weight excluding hydrogens is 274 g/mol. The number of aliphatic imine (C=N–C) groups is 1. The molecule has 0 spiro atoms. The van der Waals surface area contributed by atoms with Gasteiger partial charge >= 0.3 is 0 Å². The molecule has 1 rings (SSSR count). The van der Waals surface area contributed by atoms with Crippen molar-refractivity contribution in [2.75, 3.05) is 38.7 Å². The molecule has 0 bridgehead atoms. The predicted molar refractivity (Wildman–Crippen MR) is 84.8 cm³/mol. The average Bonchev–Trinajstić information content (AvgIpc) is 2.84. The minimum Gasteiger partial charge on any atom is -0.355 e. The molecule has 0 aromatic carbocycles. The molecular formula is C14H29N3O2S. The topological polar surface area (TPSA) is 61.8 Å². The average molecular weight is 303 g/mol. The zero-order valence-electron chi connectivity index (χ0n) is 13.2. The van der Waals surface area contributed by atoms with Crippen LogP contribution in [-0.2, 0) is 9.84 Å². The molecule has 0 saturated carbocycles. The zero-order chi connectivity index (χ0) is 15.2. The van der Waals surface area contributed by atoms with Crippen LogP contribution in [-0.4, -0.2) is 58.0 Å². The molecule has 20 heavy (non-hydrogen) atoms. The van der Waals surface area contributed by atoms with Gasteiger partial charge in [-0.3, -0.25) is 4.99 Å². The quantitative estimate of drug-likeness (QED) is 0.594. The minimum absolute atomic E-state index is 0.149. The van der Waals surface area contributed by atoms with Crippen LogP contribution in [0.15, 0.2) is 4.99 Å². The van der Waals surface area contributed by atoms with Gasteiger partial charge < -0.3 is 10.2 Å². The lowest BCUT2D eigenvalue weighted by atomic mass is 9.87. The summed E-state index contributed by atoms with van der Waals surface area (Å²) in [5.41, 5.74) is 0. The van der Waals surface area contributed by atoms with Crippen LogP contribution in [0.25, 0.3) is 0 Å². The van der Waals surface area contributed by atoms with E-state index in [4.69, 9.17) is 0 Å². The fraction of sp³-hybridized carbons (Fsp3) is 0.929. The van der Waals surface area contributed by atoms with Crippen molar-refractivity contribution in [1.82, 2.24) is 10.2 Å². The minimum atomic E-state index is -2.92. The summed E-state index contributed by atoms with van der Waals surface area (Å²) in [7, 11) is -1.16. The van der Waals surface area contributed by atoms with Crippen LogP contribution in [0, 0.1) is 11.8 Å². The summed E-state index contributed by atoms with van der Waals surface area (Å²) in [6.07, 6.45) is 4.93. The molecule has 0 radical (unpaired) electrons. The number of nitrogens with zero attached hydrogens (tertiary/aromatic N) is 2. The third-order valence-corrected chi connectivity index (χ3v) is 5.15. The van der Waals surface area contributed by atoms with Crippen molar-refractivity contribution in [3.63, 3.8) is 0 Å². The molecule has 1 aliphatic rings. The van der Waals surface area contributed by atoms with Crippen LogP contribution >= 0.6 is 0 Å². The van der Waals surface area contributed by atoms with Gasteiger partial charge in [0.05, 0.1) is 5.75 Å². The van der Waals surface area contributed by atoms with Gasteiger partial charge in [-0.1, -0.05) is 26.7 Å². The number of likely N-dealkylation sites (tertiary alicyclic amines) is 1. The van der Waals surface area contributed by atoms with Crippen molar-refractivity contribution < 1.29 is 8.42 Å². The first-order valence-electron chi connectivity index (χ1n) is 7.54. The van der Waals surface area contributed by atoms with Gasteiger partial charge in [-0.2, -0.15) is 0 Å². The Morgan fingerprint density at radius 1 is 1.40 bits per heavy atom. The summed E-state index contributed by atoms with van der Waals surface area (Å²) in [6.45, 7) is 6.99.